The molecular formula is C11H16N2O2. The van der Waals surface area contributed by atoms with Gasteiger partial charge in [-0.05, 0) is 12.8 Å². The second-order valence-electron chi connectivity index (χ2n) is 4.35. The molecule has 1 saturated carbocycles. The van der Waals surface area contributed by atoms with Gasteiger partial charge in [-0.1, -0.05) is 19.3 Å². The van der Waals surface area contributed by atoms with Crippen molar-refractivity contribution in [3.63, 3.8) is 0 Å². The molecule has 0 radical (unpaired) electrons. The Labute approximate surface area is 88.9 Å². The van der Waals surface area contributed by atoms with Gasteiger partial charge in [0.15, 0.2) is 0 Å². The van der Waals surface area contributed by atoms with Gasteiger partial charge in [-0.2, -0.15) is 0 Å². The molecule has 0 unspecified atom stereocenters. The minimum atomic E-state index is -1.16. The number of imidazole rings is 1. The third-order valence-electron chi connectivity index (χ3n) is 3.04. The Hall–Kier alpha value is -1.16. The number of rotatable bonds is 2. The summed E-state index contributed by atoms with van der Waals surface area (Å²) in [5.74, 6) is -0.220. The van der Waals surface area contributed by atoms with Crippen LogP contribution in [0, 0.1) is 0 Å². The van der Waals surface area contributed by atoms with Gasteiger partial charge in [-0.25, -0.2) is 4.98 Å². The van der Waals surface area contributed by atoms with Gasteiger partial charge in [-0.15, -0.1) is 0 Å². The molecule has 1 N–H and O–H groups in total. The lowest BCUT2D eigenvalue weighted by Gasteiger charge is -2.29. The molecule has 1 aromatic heterocycles. The quantitative estimate of drug-likeness (QED) is 0.745. The summed E-state index contributed by atoms with van der Waals surface area (Å²) >= 11 is 0. The maximum absolute atomic E-state index is 12.0. The fraction of sp³-hybridized carbons (Fsp3) is 0.636. The van der Waals surface area contributed by atoms with Crippen molar-refractivity contribution in [3.05, 3.63) is 18.2 Å². The van der Waals surface area contributed by atoms with Crippen LogP contribution in [0.5, 0.6) is 0 Å². The molecule has 0 amide bonds. The third kappa shape index (κ3) is 1.95. The van der Waals surface area contributed by atoms with Crippen LogP contribution in [0.4, 0.5) is 0 Å². The average Bonchev–Trinajstić information content (AvgIpc) is 2.65. The highest BCUT2D eigenvalue weighted by Crippen LogP contribution is 2.30. The van der Waals surface area contributed by atoms with Gasteiger partial charge in [0.1, 0.15) is 11.3 Å². The molecule has 0 aromatic carbocycles. The van der Waals surface area contributed by atoms with Gasteiger partial charge in [0.25, 0.3) is 0 Å². The molecule has 1 heterocycles. The smallest absolute Gasteiger partial charge is 0.214 e. The first-order chi connectivity index (χ1) is 7.12. The number of hydrogen-bond donors (Lipinski definition) is 1. The zero-order chi connectivity index (χ0) is 10.9. The summed E-state index contributed by atoms with van der Waals surface area (Å²) in [5, 5.41) is 10.2. The fourth-order valence-corrected chi connectivity index (χ4v) is 2.13. The lowest BCUT2D eigenvalue weighted by molar-refractivity contribution is 0.0112. The van der Waals surface area contributed by atoms with Crippen molar-refractivity contribution in [3.8, 4) is 0 Å². The van der Waals surface area contributed by atoms with Crippen molar-refractivity contribution in [1.29, 1.82) is 0 Å². The number of aryl methyl sites for hydroxylation is 1. The van der Waals surface area contributed by atoms with E-state index >= 15 is 0 Å². The zero-order valence-electron chi connectivity index (χ0n) is 8.94. The second-order valence-corrected chi connectivity index (χ2v) is 4.35. The van der Waals surface area contributed by atoms with Crippen molar-refractivity contribution in [2.45, 2.75) is 37.7 Å². The molecule has 1 aliphatic rings. The first kappa shape index (κ1) is 10.4. The molecule has 0 atom stereocenters. The van der Waals surface area contributed by atoms with Crippen LogP contribution in [0.1, 0.15) is 42.6 Å². The predicted molar refractivity (Wildman–Crippen MR) is 55.6 cm³/mol. The normalized spacial score (nSPS) is 20.1. The van der Waals surface area contributed by atoms with E-state index in [9.17, 15) is 9.90 Å². The fourth-order valence-electron chi connectivity index (χ4n) is 2.13. The Morgan fingerprint density at radius 1 is 1.47 bits per heavy atom. The highest BCUT2D eigenvalue weighted by Gasteiger charge is 2.38. The molecule has 82 valence electrons. The number of aliphatic hydroxyl groups is 1. The van der Waals surface area contributed by atoms with Gasteiger partial charge >= 0.3 is 0 Å². The number of Topliss-reactive ketones (excluding diaryl/α,β-unsaturated/α-hetero) is 1. The molecule has 4 heteroatoms. The number of nitrogens with zero attached hydrogens (tertiary/aromatic N) is 2. The monoisotopic (exact) mass is 208 g/mol. The first-order valence-electron chi connectivity index (χ1n) is 5.37. The van der Waals surface area contributed by atoms with Crippen LogP contribution in [0.2, 0.25) is 0 Å². The molecule has 1 fully saturated rings. The van der Waals surface area contributed by atoms with Crippen LogP contribution in [0.15, 0.2) is 12.5 Å². The number of aromatic nitrogens is 2. The van der Waals surface area contributed by atoms with Crippen molar-refractivity contribution in [2.75, 3.05) is 0 Å². The Kier molecular flexibility index (Phi) is 2.61. The highest BCUT2D eigenvalue weighted by molar-refractivity contribution is 6.00. The molecule has 0 bridgehead atoms. The third-order valence-corrected chi connectivity index (χ3v) is 3.04. The van der Waals surface area contributed by atoms with Crippen molar-refractivity contribution in [2.24, 2.45) is 7.05 Å². The maximum atomic E-state index is 12.0. The van der Waals surface area contributed by atoms with E-state index in [0.717, 1.165) is 19.3 Å². The Morgan fingerprint density at radius 2 is 2.13 bits per heavy atom. The van der Waals surface area contributed by atoms with E-state index in [0.29, 0.717) is 18.5 Å². The van der Waals surface area contributed by atoms with Crippen LogP contribution in [0.3, 0.4) is 0 Å². The summed E-state index contributed by atoms with van der Waals surface area (Å²) in [6, 6.07) is 0. The summed E-state index contributed by atoms with van der Waals surface area (Å²) in [6.07, 6.45) is 7.35. The van der Waals surface area contributed by atoms with E-state index in [1.807, 2.05) is 7.05 Å². The number of carbonyl (C=O) groups is 1. The minimum absolute atomic E-state index is 0.220. The van der Waals surface area contributed by atoms with E-state index < -0.39 is 5.60 Å². The van der Waals surface area contributed by atoms with E-state index in [1.165, 1.54) is 0 Å². The molecule has 0 spiro atoms. The molecule has 4 nitrogen and oxygen atoms in total. The minimum Gasteiger partial charge on any atom is -0.382 e. The van der Waals surface area contributed by atoms with Gasteiger partial charge in [-0.3, -0.25) is 4.79 Å². The predicted octanol–water partition coefficient (Wildman–Crippen LogP) is 1.30. The van der Waals surface area contributed by atoms with Gasteiger partial charge in [0.05, 0.1) is 6.33 Å². The van der Waals surface area contributed by atoms with E-state index in [1.54, 1.807) is 17.1 Å². The van der Waals surface area contributed by atoms with Crippen molar-refractivity contribution in [1.82, 2.24) is 9.55 Å². The molecule has 2 rings (SSSR count). The summed E-state index contributed by atoms with van der Waals surface area (Å²) in [7, 11) is 1.81. The molecule has 0 aliphatic heterocycles. The Bertz CT molecular complexity index is 364. The summed E-state index contributed by atoms with van der Waals surface area (Å²) in [5.41, 5.74) is -0.783. The molecule has 1 aliphatic carbocycles. The number of hydrogen-bond acceptors (Lipinski definition) is 3. The molecule has 15 heavy (non-hydrogen) atoms. The zero-order valence-corrected chi connectivity index (χ0v) is 8.94. The summed E-state index contributed by atoms with van der Waals surface area (Å²) in [4.78, 5) is 16.0. The Morgan fingerprint density at radius 3 is 2.67 bits per heavy atom. The van der Waals surface area contributed by atoms with Crippen LogP contribution in [-0.4, -0.2) is 26.0 Å². The SMILES string of the molecule is Cn1cnc(C(=O)C2(O)CCCCC2)c1. The average molecular weight is 208 g/mol. The largest absolute Gasteiger partial charge is 0.382 e. The van der Waals surface area contributed by atoms with Crippen molar-refractivity contribution < 1.29 is 9.90 Å². The van der Waals surface area contributed by atoms with Gasteiger partial charge in [0, 0.05) is 13.2 Å². The topological polar surface area (TPSA) is 55.1 Å². The maximum Gasteiger partial charge on any atom is 0.214 e. The van der Waals surface area contributed by atoms with E-state index in [2.05, 4.69) is 4.98 Å². The number of carbonyl (C=O) groups excluding carboxylic acids is 1. The lowest BCUT2D eigenvalue weighted by Crippen LogP contribution is -2.40. The lowest BCUT2D eigenvalue weighted by atomic mass is 9.81. The van der Waals surface area contributed by atoms with Gasteiger partial charge < -0.3 is 9.67 Å². The molecule has 1 aromatic rings. The molecular weight excluding hydrogens is 192 g/mol. The van der Waals surface area contributed by atoms with Crippen molar-refractivity contribution >= 4 is 5.78 Å². The Balaban J connectivity index is 2.19. The first-order valence-corrected chi connectivity index (χ1v) is 5.37. The van der Waals surface area contributed by atoms with Gasteiger partial charge in [0.2, 0.25) is 5.78 Å². The number of ketones is 1. The van der Waals surface area contributed by atoms with E-state index in [4.69, 9.17) is 0 Å². The van der Waals surface area contributed by atoms with Crippen LogP contribution >= 0.6 is 0 Å². The standard InChI is InChI=1S/C11H16N2O2/c1-13-7-9(12-8-13)10(14)11(15)5-3-2-4-6-11/h7-8,15H,2-6H2,1H3. The van der Waals surface area contributed by atoms with E-state index in [-0.39, 0.29) is 5.78 Å². The second kappa shape index (κ2) is 3.77. The summed E-state index contributed by atoms with van der Waals surface area (Å²) < 4.78 is 1.72. The summed E-state index contributed by atoms with van der Waals surface area (Å²) in [6.45, 7) is 0. The van der Waals surface area contributed by atoms with Crippen LogP contribution in [0.25, 0.3) is 0 Å². The van der Waals surface area contributed by atoms with Crippen LogP contribution < -0.4 is 0 Å². The van der Waals surface area contributed by atoms with Crippen LogP contribution in [-0.2, 0) is 7.05 Å². The highest BCUT2D eigenvalue weighted by atomic mass is 16.3. The molecule has 0 saturated heterocycles.